The highest BCUT2D eigenvalue weighted by atomic mass is 32.1. The molecule has 0 bridgehead atoms. The van der Waals surface area contributed by atoms with Crippen molar-refractivity contribution in [2.75, 3.05) is 26.2 Å². The summed E-state index contributed by atoms with van der Waals surface area (Å²) in [5.41, 5.74) is 1.05. The molecule has 1 aliphatic rings. The minimum Gasteiger partial charge on any atom is -0.497 e. The van der Waals surface area contributed by atoms with Crippen molar-refractivity contribution in [2.45, 2.75) is 45.4 Å². The number of hydrogen-bond donors (Lipinski definition) is 0. The Labute approximate surface area is 174 Å². The maximum Gasteiger partial charge on any atom is 0.228 e. The van der Waals surface area contributed by atoms with Crippen molar-refractivity contribution in [3.63, 3.8) is 0 Å². The van der Waals surface area contributed by atoms with Crippen LogP contribution in [0.4, 0.5) is 5.13 Å². The van der Waals surface area contributed by atoms with Crippen LogP contribution < -0.4 is 14.4 Å². The van der Waals surface area contributed by atoms with Crippen LogP contribution in [-0.4, -0.2) is 47.9 Å². The number of carbonyl (C=O) groups excluding carboxylic acids is 1. The molecular formula is C19H26N4O3S2. The molecule has 0 N–H and O–H groups in total. The summed E-state index contributed by atoms with van der Waals surface area (Å²) in [5, 5.41) is 5.34. The van der Waals surface area contributed by atoms with Gasteiger partial charge in [0.25, 0.3) is 0 Å². The number of anilines is 1. The summed E-state index contributed by atoms with van der Waals surface area (Å²) < 4.78 is 13.2. The Kier molecular flexibility index (Phi) is 6.69. The molecule has 1 aromatic heterocycles. The number of ether oxygens (including phenoxy) is 2. The van der Waals surface area contributed by atoms with E-state index in [-0.39, 0.29) is 11.9 Å². The van der Waals surface area contributed by atoms with E-state index in [1.165, 1.54) is 11.3 Å². The van der Waals surface area contributed by atoms with Crippen LogP contribution in [0.5, 0.6) is 11.5 Å². The van der Waals surface area contributed by atoms with Gasteiger partial charge < -0.3 is 9.47 Å². The van der Waals surface area contributed by atoms with Gasteiger partial charge >= 0.3 is 0 Å². The van der Waals surface area contributed by atoms with Crippen molar-refractivity contribution in [2.24, 2.45) is 0 Å². The lowest BCUT2D eigenvalue weighted by molar-refractivity contribution is -0.118. The topological polar surface area (TPSA) is 59.8 Å². The monoisotopic (exact) mass is 422 g/mol. The van der Waals surface area contributed by atoms with Crippen molar-refractivity contribution in [3.8, 4) is 11.5 Å². The number of methoxy groups -OCH3 is 2. The first-order valence-electron chi connectivity index (χ1n) is 9.26. The molecule has 1 aliphatic carbocycles. The van der Waals surface area contributed by atoms with Crippen LogP contribution in [0, 0.1) is 3.95 Å². The maximum atomic E-state index is 12.3. The third kappa shape index (κ3) is 4.71. The minimum atomic E-state index is 0.106. The fraction of sp³-hybridized carbons (Fsp3) is 0.526. The number of benzene rings is 1. The van der Waals surface area contributed by atoms with Gasteiger partial charge in [0.2, 0.25) is 11.0 Å². The molecule has 1 aromatic carbocycles. The summed E-state index contributed by atoms with van der Waals surface area (Å²) in [4.78, 5) is 16.2. The largest absolute Gasteiger partial charge is 0.497 e. The normalized spacial score (nSPS) is 13.6. The second-order valence-electron chi connectivity index (χ2n) is 6.83. The highest BCUT2D eigenvalue weighted by Crippen LogP contribution is 2.34. The number of hydrogen-bond acceptors (Lipinski definition) is 7. The van der Waals surface area contributed by atoms with Crippen molar-refractivity contribution >= 4 is 34.6 Å². The van der Waals surface area contributed by atoms with Crippen LogP contribution in [0.15, 0.2) is 18.2 Å². The van der Waals surface area contributed by atoms with E-state index in [0.717, 1.165) is 29.9 Å². The van der Waals surface area contributed by atoms with Crippen LogP contribution in [0.2, 0.25) is 0 Å². The lowest BCUT2D eigenvalue weighted by atomic mass is 10.2. The first-order chi connectivity index (χ1) is 13.5. The van der Waals surface area contributed by atoms with E-state index in [0.29, 0.717) is 28.7 Å². The molecule has 3 rings (SSSR count). The molecule has 152 valence electrons. The van der Waals surface area contributed by atoms with Crippen LogP contribution in [0.1, 0.15) is 31.7 Å². The summed E-state index contributed by atoms with van der Waals surface area (Å²) in [6, 6.07) is 6.07. The summed E-state index contributed by atoms with van der Waals surface area (Å²) in [6.07, 6.45) is 2.55. The molecule has 28 heavy (non-hydrogen) atoms. The lowest BCUT2D eigenvalue weighted by Gasteiger charge is -2.19. The van der Waals surface area contributed by atoms with Gasteiger partial charge in [-0.05, 0) is 38.2 Å². The molecule has 7 nitrogen and oxygen atoms in total. The van der Waals surface area contributed by atoms with E-state index in [4.69, 9.17) is 21.7 Å². The second-order valence-corrected chi connectivity index (χ2v) is 8.43. The fourth-order valence-corrected chi connectivity index (χ4v) is 4.17. The third-order valence-electron chi connectivity index (χ3n) is 4.59. The summed E-state index contributed by atoms with van der Waals surface area (Å²) in [5.74, 6) is 1.65. The lowest BCUT2D eigenvalue weighted by Crippen LogP contribution is -2.32. The second kappa shape index (κ2) is 9.02. The first-order valence-corrected chi connectivity index (χ1v) is 10.5. The van der Waals surface area contributed by atoms with Crippen LogP contribution >= 0.6 is 23.6 Å². The van der Waals surface area contributed by atoms with Crippen molar-refractivity contribution in [1.29, 1.82) is 0 Å². The number of carbonyl (C=O) groups is 1. The average Bonchev–Trinajstić information content (AvgIpc) is 3.46. The van der Waals surface area contributed by atoms with Crippen molar-refractivity contribution in [1.82, 2.24) is 14.7 Å². The molecule has 0 spiro atoms. The van der Waals surface area contributed by atoms with Gasteiger partial charge in [0.1, 0.15) is 11.5 Å². The molecule has 9 heteroatoms. The van der Waals surface area contributed by atoms with E-state index in [2.05, 4.69) is 10.00 Å². The highest BCUT2D eigenvalue weighted by Gasteiger charge is 2.35. The fourth-order valence-electron chi connectivity index (χ4n) is 3.00. The molecule has 1 saturated carbocycles. The highest BCUT2D eigenvalue weighted by molar-refractivity contribution is 7.73. The van der Waals surface area contributed by atoms with Crippen molar-refractivity contribution in [3.05, 3.63) is 27.7 Å². The summed E-state index contributed by atoms with van der Waals surface area (Å²) in [7, 11) is 5.29. The zero-order chi connectivity index (χ0) is 20.3. The average molecular weight is 423 g/mol. The SMILES string of the molecule is CCC(=O)N(c1nn(CN(C)Cc2ccc(OC)cc2OC)c(=S)s1)C1CC1. The summed E-state index contributed by atoms with van der Waals surface area (Å²) >= 11 is 6.90. The zero-order valence-electron chi connectivity index (χ0n) is 16.7. The van der Waals surface area contributed by atoms with Crippen LogP contribution in [-0.2, 0) is 18.0 Å². The van der Waals surface area contributed by atoms with E-state index in [1.54, 1.807) is 18.9 Å². The number of nitrogens with zero attached hydrogens (tertiary/aromatic N) is 4. The Morgan fingerprint density at radius 1 is 1.36 bits per heavy atom. The van der Waals surface area contributed by atoms with Gasteiger partial charge in [0.05, 0.1) is 20.9 Å². The summed E-state index contributed by atoms with van der Waals surface area (Å²) in [6.45, 7) is 3.08. The Morgan fingerprint density at radius 2 is 2.11 bits per heavy atom. The molecule has 0 aliphatic heterocycles. The van der Waals surface area contributed by atoms with E-state index >= 15 is 0 Å². The van der Waals surface area contributed by atoms with Gasteiger partial charge in [0.15, 0.2) is 3.95 Å². The Morgan fingerprint density at radius 3 is 2.71 bits per heavy atom. The van der Waals surface area contributed by atoms with Gasteiger partial charge in [0, 0.05) is 30.6 Å². The smallest absolute Gasteiger partial charge is 0.228 e. The van der Waals surface area contributed by atoms with Gasteiger partial charge in [-0.25, -0.2) is 4.68 Å². The van der Waals surface area contributed by atoms with Gasteiger partial charge in [-0.15, -0.1) is 5.10 Å². The molecule has 1 fully saturated rings. The third-order valence-corrected chi connectivity index (χ3v) is 5.90. The molecule has 0 saturated heterocycles. The van der Waals surface area contributed by atoms with Gasteiger partial charge in [-0.1, -0.05) is 24.3 Å². The number of amides is 1. The number of rotatable bonds is 9. The predicted molar refractivity (Wildman–Crippen MR) is 113 cm³/mol. The molecule has 0 radical (unpaired) electrons. The first kappa shape index (κ1) is 20.8. The Balaban J connectivity index is 1.73. The molecular weight excluding hydrogens is 396 g/mol. The predicted octanol–water partition coefficient (Wildman–Crippen LogP) is 3.69. The maximum absolute atomic E-state index is 12.3. The minimum absolute atomic E-state index is 0.106. The van der Waals surface area contributed by atoms with Gasteiger partial charge in [-0.3, -0.25) is 14.6 Å². The quantitative estimate of drug-likeness (QED) is 0.575. The van der Waals surface area contributed by atoms with Gasteiger partial charge in [-0.2, -0.15) is 0 Å². The Hall–Kier alpha value is -1.97. The Bertz CT molecular complexity index is 892. The van der Waals surface area contributed by atoms with Crippen LogP contribution in [0.3, 0.4) is 0 Å². The molecule has 2 aromatic rings. The van der Waals surface area contributed by atoms with E-state index < -0.39 is 0 Å². The van der Waals surface area contributed by atoms with E-state index in [1.807, 2.05) is 37.1 Å². The van der Waals surface area contributed by atoms with Crippen LogP contribution in [0.25, 0.3) is 0 Å². The standard InChI is InChI=1S/C19H26N4O3S2/c1-5-17(24)23(14-7-8-14)18-20-22(19(27)28-18)12-21(2)11-13-6-9-15(25-3)10-16(13)26-4/h6,9-10,14H,5,7-8,11-12H2,1-4H3. The zero-order valence-corrected chi connectivity index (χ0v) is 18.3. The molecule has 1 amide bonds. The van der Waals surface area contributed by atoms with Crippen molar-refractivity contribution < 1.29 is 14.3 Å². The van der Waals surface area contributed by atoms with E-state index in [9.17, 15) is 4.79 Å². The molecule has 0 unspecified atom stereocenters. The molecule has 0 atom stereocenters. The number of aromatic nitrogens is 2. The molecule has 1 heterocycles.